The molecule has 0 spiro atoms. The molecule has 0 atom stereocenters. The third-order valence-corrected chi connectivity index (χ3v) is 1.02. The van der Waals surface area contributed by atoms with Crippen molar-refractivity contribution in [3.63, 3.8) is 0 Å². The van der Waals surface area contributed by atoms with Gasteiger partial charge >= 0.3 is 0 Å². The highest BCUT2D eigenvalue weighted by Gasteiger charge is 1.95. The van der Waals surface area contributed by atoms with Gasteiger partial charge in [-0.15, -0.1) is 4.68 Å². The van der Waals surface area contributed by atoms with Crippen LogP contribution in [0.25, 0.3) is 0 Å². The molecule has 1 aromatic heterocycles. The lowest BCUT2D eigenvalue weighted by atomic mass is 11.2. The number of hydrogen-bond donors (Lipinski definition) is 0. The van der Waals surface area contributed by atoms with Crippen LogP contribution in [0.4, 0.5) is 0 Å². The van der Waals surface area contributed by atoms with Gasteiger partial charge in [0.15, 0.2) is 0 Å². The molecule has 0 amide bonds. The number of nitrogens with zero attached hydrogens (tertiary/aromatic N) is 5. The number of aromatic nitrogens is 4. The van der Waals surface area contributed by atoms with Crippen molar-refractivity contribution in [2.75, 3.05) is 0 Å². The first-order chi connectivity index (χ1) is 3.84. The van der Waals surface area contributed by atoms with Crippen molar-refractivity contribution >= 4 is 15.9 Å². The van der Waals surface area contributed by atoms with Crippen molar-refractivity contribution in [3.8, 4) is 6.19 Å². The average Bonchev–Trinajstić information content (AvgIpc) is 2.14. The second kappa shape index (κ2) is 1.88. The molecule has 8 heavy (non-hydrogen) atoms. The fraction of sp³-hybridized carbons (Fsp3) is 0. The Kier molecular flexibility index (Phi) is 1.22. The molecule has 0 aliphatic rings. The van der Waals surface area contributed by atoms with Crippen LogP contribution in [0, 0.1) is 11.5 Å². The van der Waals surface area contributed by atoms with E-state index < -0.39 is 0 Å². The van der Waals surface area contributed by atoms with Gasteiger partial charge in [-0.25, -0.2) is 0 Å². The van der Waals surface area contributed by atoms with Crippen molar-refractivity contribution in [3.05, 3.63) is 4.73 Å². The highest BCUT2D eigenvalue weighted by Crippen LogP contribution is 1.97. The second-order valence-electron chi connectivity index (χ2n) is 0.960. The molecule has 1 heterocycles. The number of halogens is 1. The molecule has 5 nitrogen and oxygen atoms in total. The van der Waals surface area contributed by atoms with Gasteiger partial charge in [0.1, 0.15) is 0 Å². The zero-order chi connectivity index (χ0) is 5.98. The van der Waals surface area contributed by atoms with Crippen LogP contribution < -0.4 is 0 Å². The Balaban J connectivity index is 3.15. The summed E-state index contributed by atoms with van der Waals surface area (Å²) < 4.78 is 1.28. The van der Waals surface area contributed by atoms with Gasteiger partial charge in [0.25, 0.3) is 0 Å². The van der Waals surface area contributed by atoms with Gasteiger partial charge in [0.2, 0.25) is 10.9 Å². The quantitative estimate of drug-likeness (QED) is 0.544. The Bertz CT molecular complexity index is 221. The van der Waals surface area contributed by atoms with E-state index in [9.17, 15) is 0 Å². The van der Waals surface area contributed by atoms with Crippen LogP contribution in [0.1, 0.15) is 0 Å². The minimum atomic E-state index is 0.319. The first-order valence-corrected chi connectivity index (χ1v) is 2.48. The molecule has 0 aromatic carbocycles. The predicted octanol–water partition coefficient (Wildman–Crippen LogP) is -0.235. The lowest BCUT2D eigenvalue weighted by Crippen LogP contribution is -1.89. The van der Waals surface area contributed by atoms with Crippen LogP contribution in [-0.4, -0.2) is 20.2 Å². The van der Waals surface area contributed by atoms with Gasteiger partial charge in [-0.3, -0.25) is 0 Å². The first-order valence-electron chi connectivity index (χ1n) is 1.68. The molecule has 0 aliphatic heterocycles. The Morgan fingerprint density at radius 1 is 1.75 bits per heavy atom. The summed E-state index contributed by atoms with van der Waals surface area (Å²) in [5.41, 5.74) is 0. The summed E-state index contributed by atoms with van der Waals surface area (Å²) in [4.78, 5) is 0. The molecular formula is C2BrN5. The van der Waals surface area contributed by atoms with Crippen molar-refractivity contribution in [1.29, 1.82) is 5.26 Å². The van der Waals surface area contributed by atoms with Crippen molar-refractivity contribution in [1.82, 2.24) is 20.2 Å². The lowest BCUT2D eigenvalue weighted by molar-refractivity contribution is 0.794. The number of nitriles is 1. The van der Waals surface area contributed by atoms with E-state index >= 15 is 0 Å². The molecule has 1 rings (SSSR count). The topological polar surface area (TPSA) is 67.4 Å². The summed E-state index contributed by atoms with van der Waals surface area (Å²) in [6.07, 6.45) is 1.71. The van der Waals surface area contributed by atoms with Crippen LogP contribution in [0.5, 0.6) is 0 Å². The van der Waals surface area contributed by atoms with Gasteiger partial charge in [-0.1, -0.05) is 5.10 Å². The maximum Gasteiger partial charge on any atom is 0.233 e. The summed E-state index contributed by atoms with van der Waals surface area (Å²) in [6, 6.07) is 0. The van der Waals surface area contributed by atoms with Crippen LogP contribution in [0.15, 0.2) is 4.73 Å². The molecule has 0 unspecified atom stereocenters. The van der Waals surface area contributed by atoms with Crippen molar-refractivity contribution < 1.29 is 0 Å². The molecule has 6 heteroatoms. The second-order valence-corrected chi connectivity index (χ2v) is 1.67. The number of rotatable bonds is 0. The van der Waals surface area contributed by atoms with E-state index in [0.717, 1.165) is 4.68 Å². The summed E-state index contributed by atoms with van der Waals surface area (Å²) >= 11 is 2.93. The summed E-state index contributed by atoms with van der Waals surface area (Å²) in [5.74, 6) is 0. The molecule has 0 aliphatic carbocycles. The molecule has 40 valence electrons. The Morgan fingerprint density at radius 2 is 2.50 bits per heavy atom. The summed E-state index contributed by atoms with van der Waals surface area (Å²) in [7, 11) is 0. The SMILES string of the molecule is N#Cn1nnnc1Br. The lowest BCUT2D eigenvalue weighted by Gasteiger charge is -1.75. The summed E-state index contributed by atoms with van der Waals surface area (Å²) in [5, 5.41) is 18.0. The predicted molar refractivity (Wildman–Crippen MR) is 26.5 cm³/mol. The maximum absolute atomic E-state index is 8.15. The van der Waals surface area contributed by atoms with Crippen LogP contribution >= 0.6 is 15.9 Å². The molecule has 0 bridgehead atoms. The maximum atomic E-state index is 8.15. The minimum Gasteiger partial charge on any atom is -0.170 e. The number of tetrazole rings is 1. The third-order valence-electron chi connectivity index (χ3n) is 0.526. The standard InChI is InChI=1S/C2BrN5/c3-2-5-6-7-8(2)1-4. The van der Waals surface area contributed by atoms with Crippen molar-refractivity contribution in [2.45, 2.75) is 0 Å². The average molecular weight is 174 g/mol. The normalized spacial score (nSPS) is 8.50. The minimum absolute atomic E-state index is 0.319. The molecular weight excluding hydrogens is 174 g/mol. The van der Waals surface area contributed by atoms with E-state index in [-0.39, 0.29) is 0 Å². The fourth-order valence-corrected chi connectivity index (χ4v) is 0.459. The van der Waals surface area contributed by atoms with E-state index in [0.29, 0.717) is 4.73 Å². The van der Waals surface area contributed by atoms with Crippen LogP contribution in [0.3, 0.4) is 0 Å². The fourth-order valence-electron chi connectivity index (χ4n) is 0.237. The zero-order valence-electron chi connectivity index (χ0n) is 3.61. The molecule has 0 fully saturated rings. The van der Waals surface area contributed by atoms with Crippen LogP contribution in [-0.2, 0) is 0 Å². The van der Waals surface area contributed by atoms with Crippen molar-refractivity contribution in [2.24, 2.45) is 0 Å². The summed E-state index contributed by atoms with van der Waals surface area (Å²) in [6.45, 7) is 0. The number of hydrogen-bond acceptors (Lipinski definition) is 4. The van der Waals surface area contributed by atoms with E-state index in [4.69, 9.17) is 5.26 Å². The van der Waals surface area contributed by atoms with E-state index in [1.54, 1.807) is 6.19 Å². The largest absolute Gasteiger partial charge is 0.233 e. The molecule has 0 N–H and O–H groups in total. The van der Waals surface area contributed by atoms with Crippen LogP contribution in [0.2, 0.25) is 0 Å². The van der Waals surface area contributed by atoms with Gasteiger partial charge in [0.05, 0.1) is 0 Å². The molecule has 0 radical (unpaired) electrons. The third kappa shape index (κ3) is 0.675. The van der Waals surface area contributed by atoms with E-state index in [2.05, 4.69) is 31.5 Å². The monoisotopic (exact) mass is 173 g/mol. The van der Waals surface area contributed by atoms with E-state index in [1.165, 1.54) is 0 Å². The van der Waals surface area contributed by atoms with Gasteiger partial charge < -0.3 is 0 Å². The Morgan fingerprint density at radius 3 is 2.75 bits per heavy atom. The molecule has 1 aromatic rings. The van der Waals surface area contributed by atoms with Gasteiger partial charge in [-0.05, 0) is 26.4 Å². The Hall–Kier alpha value is -0.960. The van der Waals surface area contributed by atoms with E-state index in [1.807, 2.05) is 0 Å². The molecule has 0 saturated heterocycles. The Labute approximate surface area is 53.0 Å². The van der Waals surface area contributed by atoms with Gasteiger partial charge in [-0.2, -0.15) is 5.26 Å². The first kappa shape index (κ1) is 5.18. The zero-order valence-corrected chi connectivity index (χ0v) is 5.20. The molecule has 0 saturated carbocycles. The smallest absolute Gasteiger partial charge is 0.170 e. The highest BCUT2D eigenvalue weighted by molar-refractivity contribution is 9.10. The van der Waals surface area contributed by atoms with Gasteiger partial charge in [0, 0.05) is 0 Å². The highest BCUT2D eigenvalue weighted by atomic mass is 79.9.